The molecule has 1 heterocycles. The van der Waals surface area contributed by atoms with E-state index in [1.807, 2.05) is 36.7 Å². The smallest absolute Gasteiger partial charge is 0.317 e. The fourth-order valence-corrected chi connectivity index (χ4v) is 7.81. The van der Waals surface area contributed by atoms with E-state index in [0.717, 1.165) is 47.3 Å². The van der Waals surface area contributed by atoms with Crippen LogP contribution < -0.4 is 10.1 Å². The molecule has 2 aliphatic rings. The number of nitrogens with one attached hydrogen (secondary N) is 1. The number of halogens is 1. The van der Waals surface area contributed by atoms with Crippen molar-refractivity contribution in [3.63, 3.8) is 0 Å². The molecule has 2 atom stereocenters. The Kier molecular flexibility index (Phi) is 12.6. The summed E-state index contributed by atoms with van der Waals surface area (Å²) in [5.74, 6) is 1.37. The van der Waals surface area contributed by atoms with Crippen LogP contribution >= 0.6 is 0 Å². The highest BCUT2D eigenvalue weighted by molar-refractivity contribution is 5.92. The largest absolute Gasteiger partial charge is 0.494 e. The van der Waals surface area contributed by atoms with Crippen molar-refractivity contribution >= 4 is 23.1 Å². The number of allylic oxidation sites excluding steroid dienone is 2. The molecular formula is C43H49FN4O5. The maximum atomic E-state index is 14.0. The summed E-state index contributed by atoms with van der Waals surface area (Å²) in [4.78, 5) is 35.1. The van der Waals surface area contributed by atoms with Gasteiger partial charge in [0.25, 0.3) is 0 Å². The number of hydrogen-bond donors (Lipinski definition) is 3. The summed E-state index contributed by atoms with van der Waals surface area (Å²) in [5.41, 5.74) is 5.53. The molecule has 0 spiro atoms. The topological polar surface area (TPSA) is 125 Å². The number of ether oxygens (including phenoxy) is 1. The number of aromatic nitrogens is 2. The van der Waals surface area contributed by atoms with E-state index >= 15 is 0 Å². The number of anilines is 1. The van der Waals surface area contributed by atoms with E-state index < -0.39 is 18.0 Å². The third-order valence-electron chi connectivity index (χ3n) is 11.0. The van der Waals surface area contributed by atoms with Crippen molar-refractivity contribution in [2.75, 3.05) is 19.0 Å². The van der Waals surface area contributed by atoms with E-state index in [9.17, 15) is 24.2 Å². The van der Waals surface area contributed by atoms with Gasteiger partial charge in [-0.25, -0.2) is 14.4 Å². The molecule has 6 rings (SSSR count). The highest BCUT2D eigenvalue weighted by Gasteiger charge is 2.28. The Morgan fingerprint density at radius 2 is 1.62 bits per heavy atom. The first-order valence-electron chi connectivity index (χ1n) is 18.7. The van der Waals surface area contributed by atoms with Gasteiger partial charge in [-0.1, -0.05) is 74.7 Å². The van der Waals surface area contributed by atoms with Gasteiger partial charge < -0.3 is 20.3 Å². The van der Waals surface area contributed by atoms with Crippen molar-refractivity contribution in [3.05, 3.63) is 113 Å². The second-order valence-electron chi connectivity index (χ2n) is 14.4. The Labute approximate surface area is 311 Å². The molecule has 1 aromatic heterocycles. The maximum Gasteiger partial charge on any atom is 0.317 e. The molecule has 10 heteroatoms. The Balaban J connectivity index is 1.03. The Hall–Kier alpha value is -4.93. The van der Waals surface area contributed by atoms with E-state index in [1.54, 1.807) is 30.3 Å². The first-order chi connectivity index (χ1) is 25.7. The first-order valence-corrected chi connectivity index (χ1v) is 18.7. The van der Waals surface area contributed by atoms with Crippen LogP contribution in [-0.2, 0) is 22.6 Å². The van der Waals surface area contributed by atoms with Crippen LogP contribution in [0.25, 0.3) is 17.0 Å². The van der Waals surface area contributed by atoms with E-state index in [4.69, 9.17) is 4.74 Å². The van der Waals surface area contributed by atoms with Crippen molar-refractivity contribution < 1.29 is 28.9 Å². The van der Waals surface area contributed by atoms with Crippen LogP contribution in [0.4, 0.5) is 10.1 Å². The third-order valence-corrected chi connectivity index (χ3v) is 11.0. The number of aliphatic hydroxyl groups is 1. The number of nitrogens with zero attached hydrogens (tertiary/aromatic N) is 3. The number of benzene rings is 3. The Morgan fingerprint density at radius 1 is 0.925 bits per heavy atom. The summed E-state index contributed by atoms with van der Waals surface area (Å²) >= 11 is 0. The number of carboxylic acids is 1. The molecule has 4 aromatic rings. The molecule has 278 valence electrons. The summed E-state index contributed by atoms with van der Waals surface area (Å²) in [6, 6.07) is 18.5. The van der Waals surface area contributed by atoms with Crippen molar-refractivity contribution in [2.45, 2.75) is 77.5 Å². The molecule has 3 aromatic carbocycles. The zero-order valence-corrected chi connectivity index (χ0v) is 30.5. The minimum absolute atomic E-state index is 0.0353. The third kappa shape index (κ3) is 9.94. The van der Waals surface area contributed by atoms with Crippen molar-refractivity contribution in [2.24, 2.45) is 17.8 Å². The monoisotopic (exact) mass is 720 g/mol. The van der Waals surface area contributed by atoms with Gasteiger partial charge in [-0.05, 0) is 96.4 Å². The lowest BCUT2D eigenvalue weighted by Gasteiger charge is -2.35. The van der Waals surface area contributed by atoms with Gasteiger partial charge in [0, 0.05) is 35.8 Å². The highest BCUT2D eigenvalue weighted by Crippen LogP contribution is 2.41. The van der Waals surface area contributed by atoms with Crippen LogP contribution in [0.5, 0.6) is 5.75 Å². The highest BCUT2D eigenvalue weighted by atomic mass is 19.1. The van der Waals surface area contributed by atoms with Crippen LogP contribution in [0.15, 0.2) is 85.2 Å². The van der Waals surface area contributed by atoms with Gasteiger partial charge in [-0.2, -0.15) is 0 Å². The molecule has 2 aliphatic carbocycles. The second kappa shape index (κ2) is 17.7. The average molecular weight is 721 g/mol. The van der Waals surface area contributed by atoms with Crippen LogP contribution in [0.3, 0.4) is 0 Å². The molecule has 3 N–H and O–H groups in total. The number of hydrogen-bond acceptors (Lipinski definition) is 7. The van der Waals surface area contributed by atoms with E-state index in [-0.39, 0.29) is 31.2 Å². The molecule has 9 nitrogen and oxygen atoms in total. The van der Waals surface area contributed by atoms with E-state index in [2.05, 4.69) is 28.3 Å². The molecule has 1 amide bonds. The molecule has 0 saturated heterocycles. The number of aliphatic hydroxyl groups excluding tert-OH is 1. The number of carbonyl (C=O) groups excluding carboxylic acids is 1. The summed E-state index contributed by atoms with van der Waals surface area (Å²) in [7, 11) is 1.37. The lowest BCUT2D eigenvalue weighted by atomic mass is 9.71. The lowest BCUT2D eigenvalue weighted by molar-refractivity contribution is -0.142. The summed E-state index contributed by atoms with van der Waals surface area (Å²) < 4.78 is 18.9. The lowest BCUT2D eigenvalue weighted by Crippen LogP contribution is -2.33. The van der Waals surface area contributed by atoms with Gasteiger partial charge in [-0.15, -0.1) is 0 Å². The predicted octanol–water partition coefficient (Wildman–Crippen LogP) is 8.45. The average Bonchev–Trinajstić information content (AvgIpc) is 3.18. The number of carbonyl (C=O) groups is 2. The number of rotatable bonds is 14. The molecule has 1 saturated carbocycles. The minimum atomic E-state index is -1.21. The first kappa shape index (κ1) is 37.8. The van der Waals surface area contributed by atoms with Gasteiger partial charge in [0.15, 0.2) is 17.4 Å². The standard InChI is InChI=1S/C43H49FN4O5/c1-3-28-4-9-31(10-5-28)32-13-15-33(16-14-32)36-24-45-42(46-25-36)34-11-6-29(7-12-34)26-48(27-41(50)51)43(52)35-17-19-37(20-18-35)47-40(49)23-30-8-21-39(53-2)38(44)22-30/h6-8,11-12,15,17-22,24-25,28,31-32,43,52H,3-5,9-10,13-14,16,23,26-27H2,1-2H3,(H,47,49)(H,50,51)/t28-,31-,32?,43?. The van der Waals surface area contributed by atoms with Crippen LogP contribution in [0.1, 0.15) is 86.8 Å². The maximum absolute atomic E-state index is 14.0. The number of methoxy groups -OCH3 is 1. The van der Waals surface area contributed by atoms with Gasteiger partial charge in [0.05, 0.1) is 20.1 Å². The molecular weight excluding hydrogens is 671 g/mol. The summed E-state index contributed by atoms with van der Waals surface area (Å²) in [6.45, 7) is 2.11. The van der Waals surface area contributed by atoms with Crippen LogP contribution in [-0.4, -0.2) is 50.6 Å². The fourth-order valence-electron chi connectivity index (χ4n) is 7.81. The summed E-state index contributed by atoms with van der Waals surface area (Å²) in [6.07, 6.45) is 15.3. The normalized spacial score (nSPS) is 19.3. The van der Waals surface area contributed by atoms with Crippen LogP contribution in [0.2, 0.25) is 0 Å². The molecule has 53 heavy (non-hydrogen) atoms. The van der Waals surface area contributed by atoms with Gasteiger partial charge in [0.2, 0.25) is 5.91 Å². The number of carboxylic acid groups (broad SMARTS) is 1. The van der Waals surface area contributed by atoms with Crippen molar-refractivity contribution in [1.82, 2.24) is 14.9 Å². The number of aliphatic carboxylic acids is 1. The Bertz CT molecular complexity index is 1870. The van der Waals surface area contributed by atoms with Gasteiger partial charge >= 0.3 is 5.97 Å². The molecule has 0 aliphatic heterocycles. The minimum Gasteiger partial charge on any atom is -0.494 e. The summed E-state index contributed by atoms with van der Waals surface area (Å²) in [5, 5.41) is 23.6. The second-order valence-corrected chi connectivity index (χ2v) is 14.4. The zero-order valence-electron chi connectivity index (χ0n) is 30.5. The zero-order chi connectivity index (χ0) is 37.3. The molecule has 1 fully saturated rings. The van der Waals surface area contributed by atoms with Gasteiger partial charge in [0.1, 0.15) is 6.23 Å². The molecule has 0 radical (unpaired) electrons. The number of amides is 1. The van der Waals surface area contributed by atoms with E-state index in [0.29, 0.717) is 22.6 Å². The quantitative estimate of drug-likeness (QED) is 0.111. The Morgan fingerprint density at radius 3 is 2.23 bits per heavy atom. The SMILES string of the molecule is CC[C@H]1CC[C@H](C2CC=C(c3cnc(-c4ccc(CN(CC(=O)O)C(O)c5ccc(NC(=O)Cc6ccc(OC)c(F)c6)cc5)cc4)nc3)CC2)CC1. The molecule has 2 unspecified atom stereocenters. The fraction of sp³-hybridized carbons (Fsp3) is 0.395. The van der Waals surface area contributed by atoms with Gasteiger partial charge in [-0.3, -0.25) is 14.5 Å². The van der Waals surface area contributed by atoms with Crippen molar-refractivity contribution in [1.29, 1.82) is 0 Å². The van der Waals surface area contributed by atoms with Crippen molar-refractivity contribution in [3.8, 4) is 17.1 Å². The molecule has 0 bridgehead atoms. The van der Waals surface area contributed by atoms with E-state index in [1.165, 1.54) is 68.2 Å². The predicted molar refractivity (Wildman–Crippen MR) is 203 cm³/mol. The van der Waals surface area contributed by atoms with Crippen LogP contribution in [0, 0.1) is 23.6 Å².